The highest BCUT2D eigenvalue weighted by Gasteiger charge is 2.40. The van der Waals surface area contributed by atoms with Crippen molar-refractivity contribution in [2.45, 2.75) is 70.1 Å². The van der Waals surface area contributed by atoms with E-state index in [0.717, 1.165) is 43.2 Å². The van der Waals surface area contributed by atoms with E-state index in [0.29, 0.717) is 23.4 Å². The van der Waals surface area contributed by atoms with Crippen LogP contribution < -0.4 is 4.74 Å². The molecule has 210 valence electrons. The van der Waals surface area contributed by atoms with E-state index in [-0.39, 0.29) is 29.2 Å². The predicted octanol–water partition coefficient (Wildman–Crippen LogP) is 3.37. The van der Waals surface area contributed by atoms with Gasteiger partial charge in [-0.25, -0.2) is 13.4 Å². The molecule has 0 radical (unpaired) electrons. The number of nitrogens with zero attached hydrogens (tertiary/aromatic N) is 6. The zero-order valence-corrected chi connectivity index (χ0v) is 24.3. The van der Waals surface area contributed by atoms with Crippen molar-refractivity contribution in [1.29, 1.82) is 0 Å². The second-order valence-electron chi connectivity index (χ2n) is 10.3. The average Bonchev–Trinajstić information content (AvgIpc) is 3.23. The topological polar surface area (TPSA) is 122 Å². The molecule has 3 aromatic rings. The summed E-state index contributed by atoms with van der Waals surface area (Å²) in [7, 11) is -0.639. The first-order valence-corrected chi connectivity index (χ1v) is 15.4. The maximum Gasteiger partial charge on any atom is 0.316 e. The molecular weight excluding hydrogens is 540 g/mol. The number of thiazole rings is 1. The lowest BCUT2D eigenvalue weighted by Gasteiger charge is -2.23. The van der Waals surface area contributed by atoms with Crippen LogP contribution >= 0.6 is 11.3 Å². The lowest BCUT2D eigenvalue weighted by atomic mass is 10.1. The lowest BCUT2D eigenvalue weighted by molar-refractivity contribution is 0.0735. The largest absolute Gasteiger partial charge is 0.497 e. The Morgan fingerprint density at radius 1 is 1.15 bits per heavy atom. The van der Waals surface area contributed by atoms with E-state index in [9.17, 15) is 13.2 Å². The first-order chi connectivity index (χ1) is 18.7. The number of sulfonamides is 1. The third-order valence-electron chi connectivity index (χ3n) is 7.04. The highest BCUT2D eigenvalue weighted by Crippen LogP contribution is 2.36. The predicted molar refractivity (Wildman–Crippen MR) is 145 cm³/mol. The number of hydrogen-bond acceptors (Lipinski definition) is 10. The number of aryl methyl sites for hydroxylation is 2. The Balaban J connectivity index is 1.26. The monoisotopic (exact) mass is 574 g/mol. The first kappa shape index (κ1) is 27.7. The molecule has 2 aliphatic rings. The summed E-state index contributed by atoms with van der Waals surface area (Å²) in [4.78, 5) is 26.1. The second kappa shape index (κ2) is 11.3. The number of carbonyl (C=O) groups excluding carboxylic acids is 1. The van der Waals surface area contributed by atoms with Crippen LogP contribution in [0.2, 0.25) is 0 Å². The summed E-state index contributed by atoms with van der Waals surface area (Å²) < 4.78 is 39.4. The Morgan fingerprint density at radius 2 is 1.85 bits per heavy atom. The Bertz CT molecular complexity index is 1420. The minimum absolute atomic E-state index is 0.0786. The number of hydrogen-bond donors (Lipinski definition) is 0. The number of carbonyl (C=O) groups is 1. The van der Waals surface area contributed by atoms with Gasteiger partial charge in [0.05, 0.1) is 30.8 Å². The molecule has 1 amide bonds. The molecule has 1 aromatic carbocycles. The number of likely N-dealkylation sites (tertiary alicyclic amines) is 1. The molecule has 0 atom stereocenters. The minimum atomic E-state index is -3.85. The average molecular weight is 575 g/mol. The van der Waals surface area contributed by atoms with Crippen molar-refractivity contribution in [2.24, 2.45) is 0 Å². The smallest absolute Gasteiger partial charge is 0.316 e. The molecule has 1 saturated heterocycles. The molecular formula is C26H34N6O5S2. The number of aromatic nitrogens is 3. The molecule has 0 unspecified atom stereocenters. The van der Waals surface area contributed by atoms with Crippen LogP contribution in [0.25, 0.3) is 0 Å². The van der Waals surface area contributed by atoms with E-state index in [1.807, 2.05) is 5.38 Å². The highest BCUT2D eigenvalue weighted by atomic mass is 32.2. The normalized spacial score (nSPS) is 16.2. The second-order valence-corrected chi connectivity index (χ2v) is 13.0. The number of benzene rings is 1. The Morgan fingerprint density at radius 3 is 2.49 bits per heavy atom. The fourth-order valence-electron chi connectivity index (χ4n) is 4.97. The van der Waals surface area contributed by atoms with Gasteiger partial charge < -0.3 is 14.2 Å². The molecule has 2 fully saturated rings. The van der Waals surface area contributed by atoms with Gasteiger partial charge in [0.15, 0.2) is 5.82 Å². The Hall–Kier alpha value is -2.87. The summed E-state index contributed by atoms with van der Waals surface area (Å²) in [5, 5.41) is 6.81. The summed E-state index contributed by atoms with van der Waals surface area (Å²) in [6.07, 6.45) is 3.97. The number of methoxy groups -OCH3 is 1. The third-order valence-corrected chi connectivity index (χ3v) is 10.1. The van der Waals surface area contributed by atoms with Crippen LogP contribution in [-0.2, 0) is 29.7 Å². The van der Waals surface area contributed by atoms with Crippen molar-refractivity contribution >= 4 is 27.3 Å². The van der Waals surface area contributed by atoms with E-state index in [4.69, 9.17) is 9.26 Å². The van der Waals surface area contributed by atoms with Gasteiger partial charge in [0.2, 0.25) is 10.0 Å². The van der Waals surface area contributed by atoms with Crippen molar-refractivity contribution in [3.05, 3.63) is 51.1 Å². The van der Waals surface area contributed by atoms with Gasteiger partial charge in [0.1, 0.15) is 10.8 Å². The maximum absolute atomic E-state index is 13.7. The standard InChI is InChI=1S/C26H34N6O5S2/c1-17-11-21(36-4)12-18(2)24(17)39(34,35)32(20-7-8-20)14-22-28-25(37-29-22)26(33)30(3)15-23-27-19(16-38-23)13-31-9-5-6-10-31/h11-12,16,20H,5-10,13-15H2,1-4H3. The van der Waals surface area contributed by atoms with Crippen molar-refractivity contribution in [3.63, 3.8) is 0 Å². The number of amides is 1. The number of rotatable bonds is 11. The van der Waals surface area contributed by atoms with Gasteiger partial charge in [-0.1, -0.05) is 5.16 Å². The SMILES string of the molecule is COc1cc(C)c(S(=O)(=O)N(Cc2noc(C(=O)N(C)Cc3nc(CN4CCCC4)cs3)n2)C2CC2)c(C)c1. The van der Waals surface area contributed by atoms with Crippen LogP contribution in [-0.4, -0.2) is 76.8 Å². The summed E-state index contributed by atoms with van der Waals surface area (Å²) >= 11 is 1.52. The summed E-state index contributed by atoms with van der Waals surface area (Å²) in [6, 6.07) is 3.28. The van der Waals surface area contributed by atoms with E-state index in [1.54, 1.807) is 40.1 Å². The zero-order valence-electron chi connectivity index (χ0n) is 22.7. The molecule has 3 heterocycles. The molecule has 2 aromatic heterocycles. The fourth-order valence-corrected chi connectivity index (χ4v) is 7.86. The molecule has 0 bridgehead atoms. The molecule has 0 spiro atoms. The summed E-state index contributed by atoms with van der Waals surface area (Å²) in [5.41, 5.74) is 2.23. The van der Waals surface area contributed by atoms with Crippen LogP contribution in [0.1, 0.15) is 64.0 Å². The van der Waals surface area contributed by atoms with Crippen LogP contribution in [0.3, 0.4) is 0 Å². The quantitative estimate of drug-likeness (QED) is 0.339. The van der Waals surface area contributed by atoms with E-state index in [1.165, 1.54) is 33.4 Å². The van der Waals surface area contributed by atoms with Gasteiger partial charge in [0, 0.05) is 25.0 Å². The molecule has 1 aliphatic heterocycles. The number of ether oxygens (including phenoxy) is 1. The molecule has 1 saturated carbocycles. The van der Waals surface area contributed by atoms with Gasteiger partial charge in [-0.3, -0.25) is 9.69 Å². The van der Waals surface area contributed by atoms with Crippen LogP contribution in [0, 0.1) is 13.8 Å². The maximum atomic E-state index is 13.7. The molecule has 39 heavy (non-hydrogen) atoms. The molecule has 13 heteroatoms. The third kappa shape index (κ3) is 6.16. The molecule has 1 aliphatic carbocycles. The van der Waals surface area contributed by atoms with Crippen LogP contribution in [0.5, 0.6) is 5.75 Å². The molecule has 5 rings (SSSR count). The highest BCUT2D eigenvalue weighted by molar-refractivity contribution is 7.89. The van der Waals surface area contributed by atoms with E-state index < -0.39 is 15.9 Å². The zero-order chi connectivity index (χ0) is 27.7. The Labute approximate surface area is 232 Å². The van der Waals surface area contributed by atoms with Gasteiger partial charge in [-0.05, 0) is 75.9 Å². The van der Waals surface area contributed by atoms with Crippen molar-refractivity contribution in [1.82, 2.24) is 29.2 Å². The van der Waals surface area contributed by atoms with E-state index >= 15 is 0 Å². The lowest BCUT2D eigenvalue weighted by Crippen LogP contribution is -2.34. The Kier molecular flexibility index (Phi) is 8.04. The van der Waals surface area contributed by atoms with Gasteiger partial charge in [0.25, 0.3) is 0 Å². The first-order valence-electron chi connectivity index (χ1n) is 13.1. The van der Waals surface area contributed by atoms with Gasteiger partial charge in [-0.15, -0.1) is 11.3 Å². The van der Waals surface area contributed by atoms with Crippen molar-refractivity contribution in [2.75, 3.05) is 27.2 Å². The van der Waals surface area contributed by atoms with E-state index in [2.05, 4.69) is 20.0 Å². The summed E-state index contributed by atoms with van der Waals surface area (Å²) in [6.45, 7) is 6.79. The van der Waals surface area contributed by atoms with Crippen molar-refractivity contribution in [3.8, 4) is 5.75 Å². The molecule has 11 nitrogen and oxygen atoms in total. The molecule has 0 N–H and O–H groups in total. The van der Waals surface area contributed by atoms with Crippen LogP contribution in [0.15, 0.2) is 26.9 Å². The van der Waals surface area contributed by atoms with Gasteiger partial charge in [-0.2, -0.15) is 9.29 Å². The summed E-state index contributed by atoms with van der Waals surface area (Å²) in [5.74, 6) is 0.139. The van der Waals surface area contributed by atoms with Crippen molar-refractivity contribution < 1.29 is 22.5 Å². The minimum Gasteiger partial charge on any atom is -0.497 e. The van der Waals surface area contributed by atoms with Gasteiger partial charge >= 0.3 is 11.8 Å². The fraction of sp³-hybridized carbons (Fsp3) is 0.538. The van der Waals surface area contributed by atoms with Crippen LogP contribution in [0.4, 0.5) is 0 Å².